The van der Waals surface area contributed by atoms with Gasteiger partial charge >= 0.3 is 0 Å². The lowest BCUT2D eigenvalue weighted by atomic mass is 9.96. The summed E-state index contributed by atoms with van der Waals surface area (Å²) < 4.78 is 0. The van der Waals surface area contributed by atoms with Gasteiger partial charge in [-0.2, -0.15) is 0 Å². The zero-order valence-electron chi connectivity index (χ0n) is 11.8. The van der Waals surface area contributed by atoms with Gasteiger partial charge in [0.1, 0.15) is 0 Å². The summed E-state index contributed by atoms with van der Waals surface area (Å²) in [5.41, 5.74) is 7.38. The van der Waals surface area contributed by atoms with Gasteiger partial charge in [0.05, 0.1) is 0 Å². The van der Waals surface area contributed by atoms with Crippen LogP contribution in [0.3, 0.4) is 0 Å². The Labute approximate surface area is 110 Å². The van der Waals surface area contributed by atoms with Crippen molar-refractivity contribution in [2.24, 2.45) is 11.8 Å². The summed E-state index contributed by atoms with van der Waals surface area (Å²) >= 11 is 0. The van der Waals surface area contributed by atoms with Crippen LogP contribution in [-0.2, 0) is 4.79 Å². The molecule has 18 heavy (non-hydrogen) atoms. The second-order valence-corrected chi connectivity index (χ2v) is 5.12. The molecule has 0 radical (unpaired) electrons. The minimum Gasteiger partial charge on any atom is -0.399 e. The van der Waals surface area contributed by atoms with E-state index in [9.17, 15) is 4.79 Å². The third-order valence-corrected chi connectivity index (χ3v) is 3.28. The summed E-state index contributed by atoms with van der Waals surface area (Å²) in [7, 11) is 0. The first-order chi connectivity index (χ1) is 8.47. The number of rotatable bonds is 5. The minimum atomic E-state index is 0.0259. The molecule has 3 nitrogen and oxygen atoms in total. The van der Waals surface area contributed by atoms with Crippen LogP contribution in [0, 0.1) is 11.8 Å². The summed E-state index contributed by atoms with van der Waals surface area (Å²) in [6.45, 7) is 8.95. The number of amides is 1. The molecule has 1 atom stereocenters. The van der Waals surface area contributed by atoms with E-state index in [2.05, 4.69) is 20.8 Å². The lowest BCUT2D eigenvalue weighted by Crippen LogP contribution is -2.37. The number of carbonyl (C=O) groups excluding carboxylic acids is 1. The number of hydrogen-bond acceptors (Lipinski definition) is 2. The summed E-state index contributed by atoms with van der Waals surface area (Å²) in [6.07, 6.45) is 0.936. The number of nitrogens with two attached hydrogens (primary N) is 1. The number of anilines is 2. The van der Waals surface area contributed by atoms with E-state index in [-0.39, 0.29) is 11.8 Å². The second kappa shape index (κ2) is 6.43. The molecule has 1 rings (SSSR count). The van der Waals surface area contributed by atoms with Gasteiger partial charge in [0.15, 0.2) is 0 Å². The van der Waals surface area contributed by atoms with E-state index in [4.69, 9.17) is 5.73 Å². The molecule has 0 fully saturated rings. The highest BCUT2D eigenvalue weighted by Gasteiger charge is 2.23. The van der Waals surface area contributed by atoms with Crippen molar-refractivity contribution in [1.82, 2.24) is 0 Å². The Balaban J connectivity index is 2.99. The van der Waals surface area contributed by atoms with Crippen molar-refractivity contribution in [2.75, 3.05) is 17.2 Å². The number of nitrogen functional groups attached to an aromatic ring is 1. The van der Waals surface area contributed by atoms with E-state index in [0.29, 0.717) is 11.6 Å². The number of nitrogens with zero attached hydrogens (tertiary/aromatic N) is 1. The summed E-state index contributed by atoms with van der Waals surface area (Å²) in [5, 5.41) is 0. The zero-order chi connectivity index (χ0) is 13.7. The van der Waals surface area contributed by atoms with Gasteiger partial charge in [-0.3, -0.25) is 4.79 Å². The quantitative estimate of drug-likeness (QED) is 0.813. The standard InChI is InChI=1S/C15H24N2O/c1-5-9-17(15(18)12(4)11(2)3)14-8-6-7-13(16)10-14/h6-8,10-12H,5,9,16H2,1-4H3. The fourth-order valence-corrected chi connectivity index (χ4v) is 1.81. The lowest BCUT2D eigenvalue weighted by molar-refractivity contribution is -0.123. The molecule has 0 aliphatic rings. The van der Waals surface area contributed by atoms with Crippen LogP contribution in [0.25, 0.3) is 0 Å². The van der Waals surface area contributed by atoms with Crippen LogP contribution in [0.15, 0.2) is 24.3 Å². The van der Waals surface area contributed by atoms with Crippen LogP contribution in [0.4, 0.5) is 11.4 Å². The maximum atomic E-state index is 12.5. The molecule has 0 saturated heterocycles. The largest absolute Gasteiger partial charge is 0.399 e. The predicted molar refractivity (Wildman–Crippen MR) is 77.5 cm³/mol. The van der Waals surface area contributed by atoms with Gasteiger partial charge < -0.3 is 10.6 Å². The fourth-order valence-electron chi connectivity index (χ4n) is 1.81. The third kappa shape index (κ3) is 3.49. The molecule has 0 heterocycles. The molecule has 3 heteroatoms. The topological polar surface area (TPSA) is 46.3 Å². The molecule has 0 spiro atoms. The predicted octanol–water partition coefficient (Wildman–Crippen LogP) is 3.30. The summed E-state index contributed by atoms with van der Waals surface area (Å²) in [5.74, 6) is 0.549. The first-order valence-electron chi connectivity index (χ1n) is 6.64. The van der Waals surface area contributed by atoms with Gasteiger partial charge in [0.2, 0.25) is 5.91 Å². The van der Waals surface area contributed by atoms with Gasteiger partial charge in [-0.25, -0.2) is 0 Å². The van der Waals surface area contributed by atoms with Gasteiger partial charge in [-0.05, 0) is 30.5 Å². The molecule has 0 aliphatic carbocycles. The lowest BCUT2D eigenvalue weighted by Gasteiger charge is -2.27. The van der Waals surface area contributed by atoms with Gasteiger partial charge in [-0.1, -0.05) is 33.8 Å². The maximum Gasteiger partial charge on any atom is 0.230 e. The van der Waals surface area contributed by atoms with Crippen LogP contribution in [0.1, 0.15) is 34.1 Å². The molecule has 2 N–H and O–H groups in total. The van der Waals surface area contributed by atoms with E-state index in [1.54, 1.807) is 0 Å². The second-order valence-electron chi connectivity index (χ2n) is 5.12. The molecule has 1 unspecified atom stereocenters. The van der Waals surface area contributed by atoms with Crippen LogP contribution >= 0.6 is 0 Å². The Morgan fingerprint density at radius 3 is 2.50 bits per heavy atom. The van der Waals surface area contributed by atoms with Crippen LogP contribution < -0.4 is 10.6 Å². The molecule has 0 saturated carbocycles. The Hall–Kier alpha value is -1.51. The maximum absolute atomic E-state index is 12.5. The Bertz CT molecular complexity index is 401. The molecule has 0 aromatic heterocycles. The Kier molecular flexibility index (Phi) is 5.20. The van der Waals surface area contributed by atoms with Crippen molar-refractivity contribution in [2.45, 2.75) is 34.1 Å². The van der Waals surface area contributed by atoms with Crippen LogP contribution in [0.2, 0.25) is 0 Å². The van der Waals surface area contributed by atoms with Gasteiger partial charge in [0.25, 0.3) is 0 Å². The Morgan fingerprint density at radius 1 is 1.33 bits per heavy atom. The highest BCUT2D eigenvalue weighted by Crippen LogP contribution is 2.22. The molecule has 0 aliphatic heterocycles. The molecule has 0 bridgehead atoms. The van der Waals surface area contributed by atoms with Crippen molar-refractivity contribution in [3.63, 3.8) is 0 Å². The van der Waals surface area contributed by atoms with Crippen molar-refractivity contribution >= 4 is 17.3 Å². The molecule has 100 valence electrons. The SMILES string of the molecule is CCCN(C(=O)C(C)C(C)C)c1cccc(N)c1. The van der Waals surface area contributed by atoms with E-state index >= 15 is 0 Å². The number of carbonyl (C=O) groups is 1. The van der Waals surface area contributed by atoms with E-state index in [0.717, 1.165) is 18.7 Å². The monoisotopic (exact) mass is 248 g/mol. The van der Waals surface area contributed by atoms with E-state index < -0.39 is 0 Å². The van der Waals surface area contributed by atoms with Crippen molar-refractivity contribution in [3.05, 3.63) is 24.3 Å². The van der Waals surface area contributed by atoms with Gasteiger partial charge in [-0.15, -0.1) is 0 Å². The normalized spacial score (nSPS) is 12.5. The molecule has 1 amide bonds. The van der Waals surface area contributed by atoms with E-state index in [1.807, 2.05) is 36.1 Å². The average Bonchev–Trinajstić information content (AvgIpc) is 2.34. The summed E-state index contributed by atoms with van der Waals surface area (Å²) in [4.78, 5) is 14.3. The fraction of sp³-hybridized carbons (Fsp3) is 0.533. The van der Waals surface area contributed by atoms with Crippen molar-refractivity contribution in [3.8, 4) is 0 Å². The van der Waals surface area contributed by atoms with Gasteiger partial charge in [0, 0.05) is 23.8 Å². The average molecular weight is 248 g/mol. The summed E-state index contributed by atoms with van der Waals surface area (Å²) in [6, 6.07) is 7.53. The van der Waals surface area contributed by atoms with Crippen molar-refractivity contribution < 1.29 is 4.79 Å². The molecular weight excluding hydrogens is 224 g/mol. The molecular formula is C15H24N2O. The minimum absolute atomic E-state index is 0.0259. The third-order valence-electron chi connectivity index (χ3n) is 3.28. The first-order valence-corrected chi connectivity index (χ1v) is 6.64. The van der Waals surface area contributed by atoms with Crippen molar-refractivity contribution in [1.29, 1.82) is 0 Å². The zero-order valence-corrected chi connectivity index (χ0v) is 11.8. The highest BCUT2D eigenvalue weighted by atomic mass is 16.2. The number of benzene rings is 1. The molecule has 1 aromatic carbocycles. The van der Waals surface area contributed by atoms with Crippen LogP contribution in [-0.4, -0.2) is 12.5 Å². The first kappa shape index (κ1) is 14.6. The van der Waals surface area contributed by atoms with E-state index in [1.165, 1.54) is 0 Å². The van der Waals surface area contributed by atoms with Crippen LogP contribution in [0.5, 0.6) is 0 Å². The number of hydrogen-bond donors (Lipinski definition) is 1. The highest BCUT2D eigenvalue weighted by molar-refractivity contribution is 5.95. The smallest absolute Gasteiger partial charge is 0.230 e. The molecule has 1 aromatic rings. The Morgan fingerprint density at radius 2 is 2.00 bits per heavy atom.